The van der Waals surface area contributed by atoms with Crippen LogP contribution in [0.4, 0.5) is 0 Å². The van der Waals surface area contributed by atoms with E-state index < -0.39 is 17.9 Å². The summed E-state index contributed by atoms with van der Waals surface area (Å²) in [6.07, 6.45) is 2.60. The molecule has 2 aromatic rings. The molecule has 0 aliphatic heterocycles. The first-order valence-corrected chi connectivity index (χ1v) is 8.44. The van der Waals surface area contributed by atoms with E-state index in [2.05, 4.69) is 10.4 Å². The molecule has 2 rings (SSSR count). The van der Waals surface area contributed by atoms with Gasteiger partial charge in [-0.15, -0.1) is 0 Å². The van der Waals surface area contributed by atoms with E-state index in [1.165, 1.54) is 11.8 Å². The van der Waals surface area contributed by atoms with Gasteiger partial charge in [-0.3, -0.25) is 4.79 Å². The van der Waals surface area contributed by atoms with Gasteiger partial charge in [0.15, 0.2) is 11.4 Å². The zero-order chi connectivity index (χ0) is 19.3. The van der Waals surface area contributed by atoms with Crippen molar-refractivity contribution in [3.05, 3.63) is 42.2 Å². The Morgan fingerprint density at radius 1 is 1.27 bits per heavy atom. The van der Waals surface area contributed by atoms with Crippen LogP contribution >= 0.6 is 0 Å². The van der Waals surface area contributed by atoms with Crippen molar-refractivity contribution < 1.29 is 19.4 Å². The van der Waals surface area contributed by atoms with Crippen LogP contribution in [-0.4, -0.2) is 39.9 Å². The third kappa shape index (κ3) is 5.08. The van der Waals surface area contributed by atoms with Crippen LogP contribution in [-0.2, 0) is 4.79 Å². The van der Waals surface area contributed by atoms with Gasteiger partial charge in [-0.1, -0.05) is 39.0 Å². The first-order valence-electron chi connectivity index (χ1n) is 8.44. The molecule has 0 aliphatic carbocycles. The first-order chi connectivity index (χ1) is 12.2. The van der Waals surface area contributed by atoms with Crippen LogP contribution in [0.2, 0.25) is 0 Å². The van der Waals surface area contributed by atoms with Crippen LogP contribution in [0, 0.1) is 5.41 Å². The van der Waals surface area contributed by atoms with E-state index in [0.29, 0.717) is 12.8 Å². The lowest BCUT2D eigenvalue weighted by Gasteiger charge is -2.21. The van der Waals surface area contributed by atoms with Crippen molar-refractivity contribution in [2.24, 2.45) is 5.41 Å². The van der Waals surface area contributed by atoms with Gasteiger partial charge < -0.3 is 15.2 Å². The number of carboxylic acids is 1. The number of ether oxygens (including phenoxy) is 1. The fourth-order valence-electron chi connectivity index (χ4n) is 2.44. The maximum Gasteiger partial charge on any atom is 0.326 e. The number of nitrogens with one attached hydrogen (secondary N) is 1. The molecule has 140 valence electrons. The van der Waals surface area contributed by atoms with Crippen LogP contribution in [0.25, 0.3) is 5.69 Å². The minimum Gasteiger partial charge on any atom is -0.493 e. The highest BCUT2D eigenvalue weighted by atomic mass is 16.5. The largest absolute Gasteiger partial charge is 0.493 e. The van der Waals surface area contributed by atoms with Gasteiger partial charge in [-0.2, -0.15) is 5.10 Å². The summed E-state index contributed by atoms with van der Waals surface area (Å²) in [5, 5.41) is 16.2. The number of para-hydroxylation sites is 1. The lowest BCUT2D eigenvalue weighted by Crippen LogP contribution is -2.41. The van der Waals surface area contributed by atoms with Gasteiger partial charge in [0, 0.05) is 0 Å². The summed E-state index contributed by atoms with van der Waals surface area (Å²) in [6, 6.07) is 8.31. The van der Waals surface area contributed by atoms with Gasteiger partial charge >= 0.3 is 5.97 Å². The smallest absolute Gasteiger partial charge is 0.326 e. The molecule has 26 heavy (non-hydrogen) atoms. The van der Waals surface area contributed by atoms with Gasteiger partial charge in [-0.05, 0) is 30.4 Å². The minimum absolute atomic E-state index is 0.0228. The number of amides is 1. The molecular formula is C19H25N3O4. The van der Waals surface area contributed by atoms with Gasteiger partial charge in [0.05, 0.1) is 19.0 Å². The molecule has 1 aromatic carbocycles. The number of methoxy groups -OCH3 is 1. The highest BCUT2D eigenvalue weighted by molar-refractivity contribution is 5.97. The zero-order valence-electron chi connectivity index (χ0n) is 15.5. The highest BCUT2D eigenvalue weighted by Gasteiger charge is 2.26. The Labute approximate surface area is 153 Å². The molecule has 1 heterocycles. The summed E-state index contributed by atoms with van der Waals surface area (Å²) in [6.45, 7) is 6.08. The monoisotopic (exact) mass is 359 g/mol. The molecule has 0 saturated carbocycles. The minimum atomic E-state index is -1.07. The maximum atomic E-state index is 12.6. The summed E-state index contributed by atoms with van der Waals surface area (Å²) in [4.78, 5) is 24.1. The Morgan fingerprint density at radius 2 is 1.92 bits per heavy atom. The fraction of sp³-hybridized carbons (Fsp3) is 0.421. The SMILES string of the molecule is COc1cn(-c2ccccc2)nc1C(=O)NC(CCC(C)(C)C)C(=O)O. The third-order valence-electron chi connectivity index (χ3n) is 3.92. The predicted octanol–water partition coefficient (Wildman–Crippen LogP) is 2.89. The second-order valence-corrected chi connectivity index (χ2v) is 7.29. The summed E-state index contributed by atoms with van der Waals surface area (Å²) in [5.74, 6) is -1.35. The predicted molar refractivity (Wildman–Crippen MR) is 97.7 cm³/mol. The summed E-state index contributed by atoms with van der Waals surface area (Å²) in [5.41, 5.74) is 0.802. The Morgan fingerprint density at radius 3 is 2.46 bits per heavy atom. The van der Waals surface area contributed by atoms with Crippen molar-refractivity contribution in [3.63, 3.8) is 0 Å². The zero-order valence-corrected chi connectivity index (χ0v) is 15.5. The van der Waals surface area contributed by atoms with E-state index in [1.807, 2.05) is 51.1 Å². The van der Waals surface area contributed by atoms with E-state index in [9.17, 15) is 14.7 Å². The fourth-order valence-corrected chi connectivity index (χ4v) is 2.44. The molecule has 0 fully saturated rings. The number of aromatic nitrogens is 2. The number of hydrogen-bond acceptors (Lipinski definition) is 4. The summed E-state index contributed by atoms with van der Waals surface area (Å²) < 4.78 is 6.76. The molecule has 1 aromatic heterocycles. The number of aliphatic carboxylic acids is 1. The topological polar surface area (TPSA) is 93.5 Å². The van der Waals surface area contributed by atoms with Crippen LogP contribution in [0.15, 0.2) is 36.5 Å². The number of benzene rings is 1. The van der Waals surface area contributed by atoms with Gasteiger partial charge in [0.1, 0.15) is 6.04 Å². The molecule has 1 atom stereocenters. The molecular weight excluding hydrogens is 334 g/mol. The number of rotatable bonds is 7. The molecule has 0 bridgehead atoms. The quantitative estimate of drug-likeness (QED) is 0.793. The standard InChI is InChI=1S/C19H25N3O4/c1-19(2,3)11-10-14(18(24)25)20-17(23)16-15(26-4)12-22(21-16)13-8-6-5-7-9-13/h5-9,12,14H,10-11H2,1-4H3,(H,20,23)(H,24,25). The molecule has 7 heteroatoms. The van der Waals surface area contributed by atoms with Crippen molar-refractivity contribution in [2.45, 2.75) is 39.7 Å². The van der Waals surface area contributed by atoms with Gasteiger partial charge in [0.25, 0.3) is 5.91 Å². The Kier molecular flexibility index (Phi) is 6.02. The average Bonchev–Trinajstić information content (AvgIpc) is 3.02. The Balaban J connectivity index is 2.19. The third-order valence-corrected chi connectivity index (χ3v) is 3.92. The van der Waals surface area contributed by atoms with Crippen molar-refractivity contribution >= 4 is 11.9 Å². The van der Waals surface area contributed by atoms with Crippen molar-refractivity contribution in [2.75, 3.05) is 7.11 Å². The van der Waals surface area contributed by atoms with Crippen molar-refractivity contribution in [3.8, 4) is 11.4 Å². The summed E-state index contributed by atoms with van der Waals surface area (Å²) >= 11 is 0. The molecule has 7 nitrogen and oxygen atoms in total. The van der Waals surface area contributed by atoms with Crippen molar-refractivity contribution in [1.29, 1.82) is 0 Å². The number of hydrogen-bond donors (Lipinski definition) is 2. The lowest BCUT2D eigenvalue weighted by atomic mass is 9.88. The Hall–Kier alpha value is -2.83. The lowest BCUT2D eigenvalue weighted by molar-refractivity contribution is -0.139. The van der Waals surface area contributed by atoms with E-state index in [-0.39, 0.29) is 16.9 Å². The number of carbonyl (C=O) groups excluding carboxylic acids is 1. The molecule has 1 unspecified atom stereocenters. The molecule has 2 N–H and O–H groups in total. The maximum absolute atomic E-state index is 12.6. The molecule has 0 spiro atoms. The number of carbonyl (C=O) groups is 2. The molecule has 1 amide bonds. The van der Waals surface area contributed by atoms with E-state index >= 15 is 0 Å². The summed E-state index contributed by atoms with van der Waals surface area (Å²) in [7, 11) is 1.44. The highest BCUT2D eigenvalue weighted by Crippen LogP contribution is 2.23. The second kappa shape index (κ2) is 8.03. The molecule has 0 radical (unpaired) electrons. The number of nitrogens with zero attached hydrogens (tertiary/aromatic N) is 2. The van der Waals surface area contributed by atoms with Crippen LogP contribution < -0.4 is 10.1 Å². The Bertz CT molecular complexity index is 763. The van der Waals surface area contributed by atoms with Gasteiger partial charge in [-0.25, -0.2) is 9.48 Å². The normalized spacial score (nSPS) is 12.5. The van der Waals surface area contributed by atoms with Crippen LogP contribution in [0.1, 0.15) is 44.1 Å². The molecule has 0 aliphatic rings. The van der Waals surface area contributed by atoms with Crippen LogP contribution in [0.3, 0.4) is 0 Å². The van der Waals surface area contributed by atoms with Gasteiger partial charge in [0.2, 0.25) is 0 Å². The molecule has 0 saturated heterocycles. The van der Waals surface area contributed by atoms with E-state index in [0.717, 1.165) is 5.69 Å². The average molecular weight is 359 g/mol. The second-order valence-electron chi connectivity index (χ2n) is 7.29. The van der Waals surface area contributed by atoms with Crippen LogP contribution in [0.5, 0.6) is 5.75 Å². The number of carboxylic acid groups (broad SMARTS) is 1. The van der Waals surface area contributed by atoms with E-state index in [1.54, 1.807) is 6.20 Å². The first kappa shape index (κ1) is 19.5. The van der Waals surface area contributed by atoms with E-state index in [4.69, 9.17) is 4.74 Å². The van der Waals surface area contributed by atoms with Crippen molar-refractivity contribution in [1.82, 2.24) is 15.1 Å².